The van der Waals surface area contributed by atoms with Gasteiger partial charge in [-0.15, -0.1) is 0 Å². The van der Waals surface area contributed by atoms with E-state index in [0.717, 1.165) is 5.56 Å². The molecule has 0 saturated heterocycles. The van der Waals surface area contributed by atoms with E-state index in [4.69, 9.17) is 16.0 Å². The molecule has 3 rings (SSSR count). The van der Waals surface area contributed by atoms with Crippen molar-refractivity contribution in [1.82, 2.24) is 5.43 Å². The molecule has 6 heteroatoms. The van der Waals surface area contributed by atoms with Gasteiger partial charge in [-0.2, -0.15) is 5.10 Å². The smallest absolute Gasteiger partial charge is 0.272 e. The molecule has 0 atom stereocenters. The van der Waals surface area contributed by atoms with E-state index in [1.54, 1.807) is 36.4 Å². The van der Waals surface area contributed by atoms with Gasteiger partial charge in [0.25, 0.3) is 5.91 Å². The summed E-state index contributed by atoms with van der Waals surface area (Å²) >= 11 is 9.47. The van der Waals surface area contributed by atoms with Crippen LogP contribution in [0.2, 0.25) is 5.02 Å². The van der Waals surface area contributed by atoms with Crippen molar-refractivity contribution in [2.24, 2.45) is 5.10 Å². The Kier molecular flexibility index (Phi) is 5.13. The maximum Gasteiger partial charge on any atom is 0.272 e. The molecular weight excluding hydrogens is 392 g/mol. The molecule has 0 aliphatic rings. The van der Waals surface area contributed by atoms with Crippen molar-refractivity contribution in [2.75, 3.05) is 0 Å². The van der Waals surface area contributed by atoms with Gasteiger partial charge in [-0.25, -0.2) is 5.43 Å². The van der Waals surface area contributed by atoms with E-state index in [2.05, 4.69) is 26.5 Å². The molecule has 0 saturated carbocycles. The first-order valence-corrected chi connectivity index (χ1v) is 8.25. The number of rotatable bonds is 4. The summed E-state index contributed by atoms with van der Waals surface area (Å²) in [4.78, 5) is 12.0. The molecule has 0 aliphatic heterocycles. The number of hydrogen-bond donors (Lipinski definition) is 1. The molecule has 0 unspecified atom stereocenters. The monoisotopic (exact) mass is 402 g/mol. The molecule has 0 bridgehead atoms. The summed E-state index contributed by atoms with van der Waals surface area (Å²) in [6, 6.07) is 18.1. The maximum atomic E-state index is 12.0. The molecule has 2 aromatic carbocycles. The van der Waals surface area contributed by atoms with Crippen LogP contribution in [-0.4, -0.2) is 12.1 Å². The first kappa shape index (κ1) is 16.5. The number of amides is 1. The van der Waals surface area contributed by atoms with E-state index in [1.807, 2.05) is 24.3 Å². The average molecular weight is 404 g/mol. The zero-order valence-corrected chi connectivity index (χ0v) is 14.7. The number of benzene rings is 2. The molecule has 0 fully saturated rings. The van der Waals surface area contributed by atoms with Crippen LogP contribution in [0.1, 0.15) is 16.1 Å². The van der Waals surface area contributed by atoms with Crippen LogP contribution in [-0.2, 0) is 0 Å². The van der Waals surface area contributed by atoms with E-state index in [1.165, 1.54) is 6.21 Å². The van der Waals surface area contributed by atoms with Crippen LogP contribution in [0.15, 0.2) is 74.7 Å². The zero-order chi connectivity index (χ0) is 16.9. The highest BCUT2D eigenvalue weighted by molar-refractivity contribution is 9.10. The molecule has 1 heterocycles. The predicted octanol–water partition coefficient (Wildman–Crippen LogP) is 5.13. The lowest BCUT2D eigenvalue weighted by molar-refractivity contribution is 0.0954. The molecule has 4 nitrogen and oxygen atoms in total. The van der Waals surface area contributed by atoms with Gasteiger partial charge in [-0.3, -0.25) is 4.79 Å². The lowest BCUT2D eigenvalue weighted by Gasteiger charge is -2.01. The topological polar surface area (TPSA) is 54.6 Å². The number of carbonyl (C=O) groups is 1. The van der Waals surface area contributed by atoms with Crippen molar-refractivity contribution in [2.45, 2.75) is 0 Å². The fourth-order valence-electron chi connectivity index (χ4n) is 2.09. The van der Waals surface area contributed by atoms with Gasteiger partial charge in [0.15, 0.2) is 0 Å². The predicted molar refractivity (Wildman–Crippen MR) is 98.4 cm³/mol. The molecule has 24 heavy (non-hydrogen) atoms. The summed E-state index contributed by atoms with van der Waals surface area (Å²) in [5, 5.41) is 4.53. The Morgan fingerprint density at radius 3 is 2.62 bits per heavy atom. The van der Waals surface area contributed by atoms with E-state index in [9.17, 15) is 4.79 Å². The Hall–Kier alpha value is -2.37. The van der Waals surface area contributed by atoms with E-state index >= 15 is 0 Å². The van der Waals surface area contributed by atoms with E-state index < -0.39 is 0 Å². The minimum atomic E-state index is -0.309. The van der Waals surface area contributed by atoms with Gasteiger partial charge in [-0.1, -0.05) is 35.9 Å². The minimum absolute atomic E-state index is 0.309. The van der Waals surface area contributed by atoms with Crippen molar-refractivity contribution >= 4 is 39.7 Å². The highest BCUT2D eigenvalue weighted by Crippen LogP contribution is 2.28. The maximum absolute atomic E-state index is 12.0. The van der Waals surface area contributed by atoms with Crippen LogP contribution in [0.4, 0.5) is 0 Å². The largest absolute Gasteiger partial charge is 0.455 e. The molecule has 1 amide bonds. The van der Waals surface area contributed by atoms with Crippen molar-refractivity contribution in [3.63, 3.8) is 0 Å². The van der Waals surface area contributed by atoms with Gasteiger partial charge in [0.05, 0.1) is 16.8 Å². The Labute approximate surface area is 152 Å². The standard InChI is InChI=1S/C18H12BrClN2O2/c19-15-7-3-1-5-13(15)18(23)22-21-11-12-9-10-17(24-12)14-6-2-4-8-16(14)20/h1-11H,(H,22,23)/b21-11+. The zero-order valence-electron chi connectivity index (χ0n) is 12.4. The molecule has 0 radical (unpaired) electrons. The third-order valence-corrected chi connectivity index (χ3v) is 4.26. The SMILES string of the molecule is O=C(N/N=C/c1ccc(-c2ccccc2Cl)o1)c1ccccc1Br. The van der Waals surface area contributed by atoms with Crippen LogP contribution in [0, 0.1) is 0 Å². The first-order chi connectivity index (χ1) is 11.6. The summed E-state index contributed by atoms with van der Waals surface area (Å²) in [6.45, 7) is 0. The van der Waals surface area contributed by atoms with Gasteiger partial charge < -0.3 is 4.42 Å². The molecule has 1 aromatic heterocycles. The second-order valence-corrected chi connectivity index (χ2v) is 6.12. The Balaban J connectivity index is 1.69. The third kappa shape index (κ3) is 3.75. The van der Waals surface area contributed by atoms with Crippen LogP contribution >= 0.6 is 27.5 Å². The normalized spacial score (nSPS) is 10.9. The van der Waals surface area contributed by atoms with Gasteiger partial charge in [0.2, 0.25) is 0 Å². The van der Waals surface area contributed by atoms with Crippen LogP contribution in [0.5, 0.6) is 0 Å². The van der Waals surface area contributed by atoms with Crippen molar-refractivity contribution in [3.8, 4) is 11.3 Å². The lowest BCUT2D eigenvalue weighted by Crippen LogP contribution is -2.17. The number of nitrogens with zero attached hydrogens (tertiary/aromatic N) is 1. The van der Waals surface area contributed by atoms with Crippen LogP contribution < -0.4 is 5.43 Å². The fourth-order valence-corrected chi connectivity index (χ4v) is 2.78. The summed E-state index contributed by atoms with van der Waals surface area (Å²) in [6.07, 6.45) is 1.44. The Morgan fingerprint density at radius 1 is 1.08 bits per heavy atom. The van der Waals surface area contributed by atoms with E-state index in [0.29, 0.717) is 26.6 Å². The summed E-state index contributed by atoms with van der Waals surface area (Å²) in [5.74, 6) is 0.841. The number of hydrogen-bond acceptors (Lipinski definition) is 3. The summed E-state index contributed by atoms with van der Waals surface area (Å²) < 4.78 is 6.37. The third-order valence-electron chi connectivity index (χ3n) is 3.24. The fraction of sp³-hybridized carbons (Fsp3) is 0. The van der Waals surface area contributed by atoms with E-state index in [-0.39, 0.29) is 5.91 Å². The van der Waals surface area contributed by atoms with Crippen molar-refractivity contribution in [3.05, 3.63) is 81.5 Å². The molecule has 1 N–H and O–H groups in total. The van der Waals surface area contributed by atoms with Gasteiger partial charge >= 0.3 is 0 Å². The molecule has 120 valence electrons. The number of carbonyl (C=O) groups excluding carboxylic acids is 1. The molecular formula is C18H12BrClN2O2. The van der Waals surface area contributed by atoms with Crippen molar-refractivity contribution in [1.29, 1.82) is 0 Å². The van der Waals surface area contributed by atoms with Gasteiger partial charge in [0, 0.05) is 10.0 Å². The molecule has 0 spiro atoms. The molecule has 0 aliphatic carbocycles. The highest BCUT2D eigenvalue weighted by Gasteiger charge is 2.09. The molecule has 3 aromatic rings. The number of halogens is 2. The second-order valence-electron chi connectivity index (χ2n) is 4.86. The van der Waals surface area contributed by atoms with Crippen molar-refractivity contribution < 1.29 is 9.21 Å². The minimum Gasteiger partial charge on any atom is -0.455 e. The highest BCUT2D eigenvalue weighted by atomic mass is 79.9. The van der Waals surface area contributed by atoms with Gasteiger partial charge in [-0.05, 0) is 52.3 Å². The summed E-state index contributed by atoms with van der Waals surface area (Å²) in [7, 11) is 0. The Bertz CT molecular complexity index is 905. The second kappa shape index (κ2) is 7.47. The number of furan rings is 1. The van der Waals surface area contributed by atoms with Gasteiger partial charge in [0.1, 0.15) is 11.5 Å². The first-order valence-electron chi connectivity index (χ1n) is 7.08. The summed E-state index contributed by atoms with van der Waals surface area (Å²) in [5.41, 5.74) is 3.77. The Morgan fingerprint density at radius 2 is 1.83 bits per heavy atom. The quantitative estimate of drug-likeness (QED) is 0.485. The number of nitrogens with one attached hydrogen (secondary N) is 1. The average Bonchev–Trinajstić information content (AvgIpc) is 3.04. The van der Waals surface area contributed by atoms with Crippen LogP contribution in [0.25, 0.3) is 11.3 Å². The number of hydrazone groups is 1. The van der Waals surface area contributed by atoms with Crippen LogP contribution in [0.3, 0.4) is 0 Å². The lowest BCUT2D eigenvalue weighted by atomic mass is 10.2.